The van der Waals surface area contributed by atoms with E-state index in [1.165, 1.54) is 36.9 Å². The fraction of sp³-hybridized carbons (Fsp3) is 1.00. The molecule has 0 N–H and O–H groups in total. The Bertz CT molecular complexity index is 111. The quantitative estimate of drug-likeness (QED) is 0.493. The van der Waals surface area contributed by atoms with Crippen molar-refractivity contribution < 1.29 is 4.76 Å². The maximum atomic E-state index is 11.0. The van der Waals surface area contributed by atoms with E-state index in [-0.39, 0.29) is 0 Å². The summed E-state index contributed by atoms with van der Waals surface area (Å²) in [5, 5.41) is 0. The van der Waals surface area contributed by atoms with Crippen molar-refractivity contribution in [1.29, 1.82) is 0 Å². The highest BCUT2D eigenvalue weighted by Gasteiger charge is 2.08. The number of hydrogen-bond donors (Lipinski definition) is 0. The highest BCUT2D eigenvalue weighted by molar-refractivity contribution is 4.47. The van der Waals surface area contributed by atoms with E-state index < -0.39 is 0 Å². The molecule has 0 aromatic heterocycles. The molecule has 1 rings (SSSR count). The van der Waals surface area contributed by atoms with Crippen LogP contribution in [0.25, 0.3) is 0 Å². The lowest BCUT2D eigenvalue weighted by Gasteiger charge is -2.02. The molecular formula is C9H18NO+. The van der Waals surface area contributed by atoms with Gasteiger partial charge in [0.25, 0.3) is 0 Å². The van der Waals surface area contributed by atoms with Crippen LogP contribution in [0, 0.1) is 4.91 Å². The van der Waals surface area contributed by atoms with Crippen LogP contribution in [-0.2, 0) is 0 Å². The minimum atomic E-state index is 0.764. The maximum absolute atomic E-state index is 11.0. The van der Waals surface area contributed by atoms with Crippen molar-refractivity contribution in [2.24, 2.45) is 0 Å². The van der Waals surface area contributed by atoms with E-state index in [0.29, 0.717) is 0 Å². The monoisotopic (exact) mass is 156 g/mol. The molecule has 0 saturated carbocycles. The van der Waals surface area contributed by atoms with Gasteiger partial charge in [-0.1, -0.05) is 19.3 Å². The Morgan fingerprint density at radius 3 is 1.45 bits per heavy atom. The molecule has 2 nitrogen and oxygen atoms in total. The highest BCUT2D eigenvalue weighted by Crippen LogP contribution is 2.09. The first-order chi connectivity index (χ1) is 5.39. The van der Waals surface area contributed by atoms with Crippen LogP contribution in [0.2, 0.25) is 0 Å². The lowest BCUT2D eigenvalue weighted by Crippen LogP contribution is -2.12. The number of nitroso groups, excluding NO2 is 1. The van der Waals surface area contributed by atoms with Gasteiger partial charge in [-0.15, -0.1) is 0 Å². The van der Waals surface area contributed by atoms with Crippen molar-refractivity contribution in [3.8, 4) is 0 Å². The van der Waals surface area contributed by atoms with Gasteiger partial charge in [0.05, 0.1) is 0 Å². The summed E-state index contributed by atoms with van der Waals surface area (Å²) in [6, 6.07) is 0. The van der Waals surface area contributed by atoms with Gasteiger partial charge in [0.2, 0.25) is 0 Å². The van der Waals surface area contributed by atoms with Crippen LogP contribution in [0.4, 0.5) is 0 Å². The zero-order valence-corrected chi connectivity index (χ0v) is 7.22. The van der Waals surface area contributed by atoms with E-state index in [2.05, 4.69) is 0 Å². The maximum Gasteiger partial charge on any atom is 0.192 e. The summed E-state index contributed by atoms with van der Waals surface area (Å²) in [6.07, 6.45) is 8.73. The summed E-state index contributed by atoms with van der Waals surface area (Å²) in [5.74, 6) is 0. The molecule has 11 heavy (non-hydrogen) atoms. The summed E-state index contributed by atoms with van der Waals surface area (Å²) in [4.78, 5) is 11.0. The third-order valence-electron chi connectivity index (χ3n) is 2.32. The van der Waals surface area contributed by atoms with Crippen molar-refractivity contribution >= 4 is 0 Å². The first-order valence-corrected chi connectivity index (χ1v) is 4.82. The van der Waals surface area contributed by atoms with Crippen molar-refractivity contribution in [2.45, 2.75) is 44.9 Å². The Morgan fingerprint density at radius 2 is 1.00 bits per heavy atom. The molecule has 0 unspecified atom stereocenters. The molecule has 0 aliphatic carbocycles. The average Bonchev–Trinajstić information content (AvgIpc) is 2.03. The van der Waals surface area contributed by atoms with Crippen LogP contribution in [0.3, 0.4) is 0 Å². The minimum Gasteiger partial charge on any atom is -0.0533 e. The standard InChI is InChI=1S/C9H18NO/c11-10-8-6-4-2-1-3-5-7-9-10/h1-9H2/q+1. The van der Waals surface area contributed by atoms with Crippen LogP contribution in [0.15, 0.2) is 0 Å². The molecule has 0 aromatic rings. The van der Waals surface area contributed by atoms with Gasteiger partial charge in [0.1, 0.15) is 0 Å². The van der Waals surface area contributed by atoms with Crippen molar-refractivity contribution in [2.75, 3.05) is 13.1 Å². The molecule has 1 aliphatic heterocycles. The fourth-order valence-electron chi connectivity index (χ4n) is 1.57. The SMILES string of the molecule is O=[N+]1CCCCCCCCC1. The second kappa shape index (κ2) is 5.28. The zero-order valence-electron chi connectivity index (χ0n) is 7.22. The molecule has 2 heteroatoms. The lowest BCUT2D eigenvalue weighted by atomic mass is 10.1. The van der Waals surface area contributed by atoms with Gasteiger partial charge in [0.15, 0.2) is 13.1 Å². The van der Waals surface area contributed by atoms with Gasteiger partial charge in [-0.25, -0.2) is 0 Å². The fourth-order valence-corrected chi connectivity index (χ4v) is 1.57. The highest BCUT2D eigenvalue weighted by atomic mass is 16.3. The van der Waals surface area contributed by atoms with Gasteiger partial charge in [0, 0.05) is 17.7 Å². The molecular weight excluding hydrogens is 138 g/mol. The van der Waals surface area contributed by atoms with E-state index in [0.717, 1.165) is 25.9 Å². The van der Waals surface area contributed by atoms with Crippen molar-refractivity contribution in [3.05, 3.63) is 4.91 Å². The zero-order chi connectivity index (χ0) is 7.94. The number of rotatable bonds is 0. The molecule has 0 atom stereocenters. The third kappa shape index (κ3) is 4.12. The number of nitrogens with zero attached hydrogens (tertiary/aromatic N) is 1. The summed E-state index contributed by atoms with van der Waals surface area (Å²) in [7, 11) is 0. The van der Waals surface area contributed by atoms with E-state index >= 15 is 0 Å². The smallest absolute Gasteiger partial charge is 0.0533 e. The average molecular weight is 156 g/mol. The third-order valence-corrected chi connectivity index (χ3v) is 2.32. The van der Waals surface area contributed by atoms with Crippen LogP contribution in [-0.4, -0.2) is 17.8 Å². The Morgan fingerprint density at radius 1 is 0.636 bits per heavy atom. The Labute approximate surface area is 68.6 Å². The lowest BCUT2D eigenvalue weighted by molar-refractivity contribution is -0.550. The van der Waals surface area contributed by atoms with Crippen LogP contribution in [0.5, 0.6) is 0 Å². The van der Waals surface area contributed by atoms with Crippen molar-refractivity contribution in [3.63, 3.8) is 0 Å². The van der Waals surface area contributed by atoms with Crippen LogP contribution in [0.1, 0.15) is 44.9 Å². The molecule has 0 bridgehead atoms. The van der Waals surface area contributed by atoms with Gasteiger partial charge in [-0.2, -0.15) is 0 Å². The summed E-state index contributed by atoms with van der Waals surface area (Å²) in [5.41, 5.74) is 0. The molecule has 0 amide bonds. The summed E-state index contributed by atoms with van der Waals surface area (Å²) >= 11 is 0. The Kier molecular flexibility index (Phi) is 4.17. The summed E-state index contributed by atoms with van der Waals surface area (Å²) < 4.78 is 1.23. The largest absolute Gasteiger partial charge is 0.192 e. The molecule has 1 fully saturated rings. The molecule has 1 aliphatic rings. The normalized spacial score (nSPS) is 23.1. The van der Waals surface area contributed by atoms with Gasteiger partial charge in [-0.05, 0) is 17.6 Å². The minimum absolute atomic E-state index is 0.764. The predicted molar refractivity (Wildman–Crippen MR) is 45.7 cm³/mol. The second-order valence-corrected chi connectivity index (χ2v) is 3.40. The molecule has 0 spiro atoms. The van der Waals surface area contributed by atoms with E-state index in [9.17, 15) is 4.91 Å². The van der Waals surface area contributed by atoms with E-state index in [1.54, 1.807) is 0 Å². The first kappa shape index (κ1) is 8.69. The van der Waals surface area contributed by atoms with Crippen molar-refractivity contribution in [1.82, 2.24) is 0 Å². The molecule has 0 aromatic carbocycles. The Balaban J connectivity index is 2.17. The molecule has 1 heterocycles. The van der Waals surface area contributed by atoms with Gasteiger partial charge in [-0.3, -0.25) is 0 Å². The number of hydrogen-bond acceptors (Lipinski definition) is 1. The second-order valence-electron chi connectivity index (χ2n) is 3.40. The topological polar surface area (TPSA) is 20.1 Å². The Hall–Kier alpha value is -0.400. The first-order valence-electron chi connectivity index (χ1n) is 4.82. The predicted octanol–water partition coefficient (Wildman–Crippen LogP) is 2.51. The van der Waals surface area contributed by atoms with Gasteiger partial charge < -0.3 is 0 Å². The van der Waals surface area contributed by atoms with E-state index in [1.807, 2.05) is 0 Å². The molecule has 1 saturated heterocycles. The molecule has 64 valence electrons. The van der Waals surface area contributed by atoms with Crippen LogP contribution < -0.4 is 0 Å². The van der Waals surface area contributed by atoms with Gasteiger partial charge >= 0.3 is 0 Å². The van der Waals surface area contributed by atoms with Crippen LogP contribution >= 0.6 is 0 Å². The molecule has 0 radical (unpaired) electrons. The van der Waals surface area contributed by atoms with E-state index in [4.69, 9.17) is 0 Å². The summed E-state index contributed by atoms with van der Waals surface area (Å²) in [6.45, 7) is 1.53.